The molecule has 2 aliphatic rings. The number of carbonyl (C=O) groups excluding carboxylic acids is 1. The zero-order chi connectivity index (χ0) is 19.4. The maximum atomic E-state index is 12.7. The van der Waals surface area contributed by atoms with Crippen molar-refractivity contribution in [2.45, 2.75) is 40.5 Å². The first-order chi connectivity index (χ1) is 12.7. The minimum Gasteiger partial charge on any atom is -0.493 e. The van der Waals surface area contributed by atoms with E-state index >= 15 is 0 Å². The van der Waals surface area contributed by atoms with Crippen molar-refractivity contribution in [3.05, 3.63) is 52.4 Å². The number of ether oxygens (including phenoxy) is 1. The Morgan fingerprint density at radius 2 is 1.89 bits per heavy atom. The smallest absolute Gasteiger partial charge is 0.336 e. The molecule has 1 aromatic carbocycles. The molecule has 0 N–H and O–H groups in total. The molecule has 0 bridgehead atoms. The third-order valence-corrected chi connectivity index (χ3v) is 6.96. The molecule has 4 heteroatoms. The highest BCUT2D eigenvalue weighted by Crippen LogP contribution is 2.60. The Morgan fingerprint density at radius 3 is 2.67 bits per heavy atom. The van der Waals surface area contributed by atoms with Gasteiger partial charge in [-0.15, -0.1) is 0 Å². The maximum Gasteiger partial charge on any atom is 0.336 e. The molecule has 2 aromatic rings. The number of fused-ring (bicyclic) bond motifs is 2. The number of Topliss-reactive ketones (excluding diaryl/α,β-unsaturated/α-hetero) is 1. The van der Waals surface area contributed by atoms with E-state index < -0.39 is 0 Å². The normalized spacial score (nSPS) is 29.5. The molecule has 1 saturated carbocycles. The second kappa shape index (κ2) is 6.08. The summed E-state index contributed by atoms with van der Waals surface area (Å²) in [6.07, 6.45) is 3.84. The average molecular weight is 366 g/mol. The molecule has 4 nitrogen and oxygen atoms in total. The fraction of sp³-hybridized carbons (Fsp3) is 0.478. The average Bonchev–Trinajstić information content (AvgIpc) is 2.78. The molecule has 142 valence electrons. The van der Waals surface area contributed by atoms with Gasteiger partial charge in [-0.25, -0.2) is 4.79 Å². The standard InChI is InChI=1S/C23H26O4/c1-14-5-9-19-22(2,3)20(24)12-23(19,4)17(14)13-26-16-8-6-15-7-10-21(25)27-18(15)11-16/h5-8,10-11,17,19H,9,12-13H2,1-4H3/t17-,19+,23-/m0/s1. The summed E-state index contributed by atoms with van der Waals surface area (Å²) in [6, 6.07) is 8.72. The summed E-state index contributed by atoms with van der Waals surface area (Å²) in [4.78, 5) is 24.1. The van der Waals surface area contributed by atoms with Crippen LogP contribution >= 0.6 is 0 Å². The van der Waals surface area contributed by atoms with Gasteiger partial charge in [-0.05, 0) is 42.9 Å². The van der Waals surface area contributed by atoms with E-state index in [1.165, 1.54) is 11.6 Å². The zero-order valence-electron chi connectivity index (χ0n) is 16.4. The van der Waals surface area contributed by atoms with Gasteiger partial charge < -0.3 is 9.15 Å². The van der Waals surface area contributed by atoms with E-state index in [-0.39, 0.29) is 22.4 Å². The van der Waals surface area contributed by atoms with Crippen LogP contribution in [0.25, 0.3) is 11.0 Å². The fourth-order valence-corrected chi connectivity index (χ4v) is 5.24. The Kier molecular flexibility index (Phi) is 4.06. The quantitative estimate of drug-likeness (QED) is 0.580. The van der Waals surface area contributed by atoms with Crippen molar-refractivity contribution < 1.29 is 13.9 Å². The molecule has 0 aliphatic heterocycles. The molecule has 0 amide bonds. The van der Waals surface area contributed by atoms with E-state index in [9.17, 15) is 9.59 Å². The molecule has 0 saturated heterocycles. The van der Waals surface area contributed by atoms with Crippen molar-refractivity contribution >= 4 is 16.8 Å². The van der Waals surface area contributed by atoms with Crippen molar-refractivity contribution in [2.24, 2.45) is 22.7 Å². The fourth-order valence-electron chi connectivity index (χ4n) is 5.24. The first-order valence-corrected chi connectivity index (χ1v) is 9.58. The van der Waals surface area contributed by atoms with Gasteiger partial charge in [0.05, 0.1) is 6.61 Å². The number of allylic oxidation sites excluding steroid dienone is 1. The van der Waals surface area contributed by atoms with Gasteiger partial charge in [0.25, 0.3) is 0 Å². The second-order valence-corrected chi connectivity index (χ2v) is 8.88. The van der Waals surface area contributed by atoms with Gasteiger partial charge in [-0.2, -0.15) is 0 Å². The van der Waals surface area contributed by atoms with Gasteiger partial charge in [-0.3, -0.25) is 4.79 Å². The van der Waals surface area contributed by atoms with Crippen LogP contribution in [0, 0.1) is 22.7 Å². The summed E-state index contributed by atoms with van der Waals surface area (Å²) < 4.78 is 11.4. The van der Waals surface area contributed by atoms with Gasteiger partial charge in [-0.1, -0.05) is 32.4 Å². The highest BCUT2D eigenvalue weighted by Gasteiger charge is 2.59. The van der Waals surface area contributed by atoms with Crippen LogP contribution < -0.4 is 10.4 Å². The highest BCUT2D eigenvalue weighted by molar-refractivity contribution is 5.88. The van der Waals surface area contributed by atoms with Crippen LogP contribution in [0.1, 0.15) is 40.5 Å². The zero-order valence-corrected chi connectivity index (χ0v) is 16.4. The molecule has 27 heavy (non-hydrogen) atoms. The Morgan fingerprint density at radius 1 is 1.15 bits per heavy atom. The third-order valence-electron chi connectivity index (χ3n) is 6.96. The highest BCUT2D eigenvalue weighted by atomic mass is 16.5. The van der Waals surface area contributed by atoms with E-state index in [2.05, 4.69) is 33.8 Å². The van der Waals surface area contributed by atoms with Crippen molar-refractivity contribution in [3.63, 3.8) is 0 Å². The Balaban J connectivity index is 1.60. The topological polar surface area (TPSA) is 56.5 Å². The molecular formula is C23H26O4. The third kappa shape index (κ3) is 2.82. The second-order valence-electron chi connectivity index (χ2n) is 8.88. The predicted molar refractivity (Wildman–Crippen MR) is 105 cm³/mol. The minimum atomic E-state index is -0.368. The summed E-state index contributed by atoms with van der Waals surface area (Å²) in [7, 11) is 0. The number of rotatable bonds is 3. The molecule has 1 fully saturated rings. The van der Waals surface area contributed by atoms with Gasteiger partial charge in [0, 0.05) is 35.3 Å². The van der Waals surface area contributed by atoms with Crippen molar-refractivity contribution in [1.82, 2.24) is 0 Å². The first kappa shape index (κ1) is 18.0. The molecule has 0 spiro atoms. The largest absolute Gasteiger partial charge is 0.493 e. The lowest BCUT2D eigenvalue weighted by atomic mass is 9.59. The van der Waals surface area contributed by atoms with E-state index in [1.807, 2.05) is 12.1 Å². The molecule has 0 radical (unpaired) electrons. The molecule has 2 aliphatic carbocycles. The number of benzene rings is 1. The van der Waals surface area contributed by atoms with E-state index in [1.54, 1.807) is 12.1 Å². The van der Waals surface area contributed by atoms with Crippen LogP contribution in [0.4, 0.5) is 0 Å². The number of hydrogen-bond acceptors (Lipinski definition) is 4. The van der Waals surface area contributed by atoms with E-state index in [4.69, 9.17) is 9.15 Å². The first-order valence-electron chi connectivity index (χ1n) is 9.58. The van der Waals surface area contributed by atoms with Crippen LogP contribution in [0.5, 0.6) is 5.75 Å². The van der Waals surface area contributed by atoms with Gasteiger partial charge in [0.15, 0.2) is 0 Å². The summed E-state index contributed by atoms with van der Waals surface area (Å²) in [6.45, 7) is 9.08. The summed E-state index contributed by atoms with van der Waals surface area (Å²) in [5.41, 5.74) is 1.09. The van der Waals surface area contributed by atoms with E-state index in [0.29, 0.717) is 36.1 Å². The molecular weight excluding hydrogens is 340 g/mol. The monoisotopic (exact) mass is 366 g/mol. The van der Waals surface area contributed by atoms with Crippen LogP contribution in [0.3, 0.4) is 0 Å². The molecule has 1 aromatic heterocycles. The minimum absolute atomic E-state index is 0.0805. The van der Waals surface area contributed by atoms with Gasteiger partial charge >= 0.3 is 5.63 Å². The van der Waals surface area contributed by atoms with Gasteiger partial charge in [0.2, 0.25) is 0 Å². The Labute approximate surface area is 159 Å². The summed E-state index contributed by atoms with van der Waals surface area (Å²) in [5.74, 6) is 1.57. The SMILES string of the molecule is CC1=CC[C@@H]2C(C)(C)C(=O)C[C@@]2(C)[C@H]1COc1ccc2ccc(=O)oc2c1. The van der Waals surface area contributed by atoms with Crippen molar-refractivity contribution in [3.8, 4) is 5.75 Å². The lowest BCUT2D eigenvalue weighted by molar-refractivity contribution is -0.125. The molecule has 3 atom stereocenters. The van der Waals surface area contributed by atoms with Crippen LogP contribution in [0.15, 0.2) is 51.2 Å². The predicted octanol–water partition coefficient (Wildman–Crippen LogP) is 4.76. The molecule has 0 unspecified atom stereocenters. The number of ketones is 1. The molecule has 1 heterocycles. The maximum absolute atomic E-state index is 12.7. The number of carbonyl (C=O) groups is 1. The van der Waals surface area contributed by atoms with Crippen LogP contribution in [-0.4, -0.2) is 12.4 Å². The van der Waals surface area contributed by atoms with Crippen molar-refractivity contribution in [2.75, 3.05) is 6.61 Å². The number of hydrogen-bond donors (Lipinski definition) is 0. The molecule has 4 rings (SSSR count). The van der Waals surface area contributed by atoms with Crippen LogP contribution in [-0.2, 0) is 4.79 Å². The summed E-state index contributed by atoms with van der Waals surface area (Å²) >= 11 is 0. The van der Waals surface area contributed by atoms with Crippen molar-refractivity contribution in [1.29, 1.82) is 0 Å². The van der Waals surface area contributed by atoms with Gasteiger partial charge in [0.1, 0.15) is 17.1 Å². The summed E-state index contributed by atoms with van der Waals surface area (Å²) in [5, 5.41) is 0.867. The lowest BCUT2D eigenvalue weighted by Gasteiger charge is -2.45. The van der Waals surface area contributed by atoms with E-state index in [0.717, 1.165) is 11.8 Å². The lowest BCUT2D eigenvalue weighted by Crippen LogP contribution is -2.41. The van der Waals surface area contributed by atoms with Crippen LogP contribution in [0.2, 0.25) is 0 Å². The Hall–Kier alpha value is -2.36. The Bertz CT molecular complexity index is 997.